The Kier molecular flexibility index (Phi) is 4.96. The van der Waals surface area contributed by atoms with E-state index in [1.165, 1.54) is 11.0 Å². The zero-order chi connectivity index (χ0) is 22.3. The van der Waals surface area contributed by atoms with Crippen LogP contribution in [0.4, 0.5) is 9.18 Å². The van der Waals surface area contributed by atoms with E-state index in [-0.39, 0.29) is 6.54 Å². The average Bonchev–Trinajstić information content (AvgIpc) is 3.33. The number of hydrogen-bond donors (Lipinski definition) is 1. The van der Waals surface area contributed by atoms with Gasteiger partial charge in [-0.1, -0.05) is 12.1 Å². The third-order valence-corrected chi connectivity index (χ3v) is 5.09. The number of aryl methyl sites for hydroxylation is 1. The molecule has 1 aromatic carbocycles. The van der Waals surface area contributed by atoms with Crippen molar-refractivity contribution in [3.05, 3.63) is 60.4 Å². The molecule has 0 bridgehead atoms. The fourth-order valence-corrected chi connectivity index (χ4v) is 3.42. The molecule has 4 rings (SSSR count). The van der Waals surface area contributed by atoms with Gasteiger partial charge in [-0.25, -0.2) is 18.7 Å². The van der Waals surface area contributed by atoms with Crippen LogP contribution in [0.5, 0.6) is 0 Å². The van der Waals surface area contributed by atoms with Gasteiger partial charge in [-0.2, -0.15) is 10.2 Å². The van der Waals surface area contributed by atoms with Crippen molar-refractivity contribution in [1.29, 1.82) is 0 Å². The SMILES string of the molecule is Cn1cc(-c2cn3nccc3c(-c3ccc(CN(C(=O)O)C(C)(C)C)c(F)c3)n2)cn1. The highest BCUT2D eigenvalue weighted by molar-refractivity contribution is 5.79. The third-order valence-electron chi connectivity index (χ3n) is 5.09. The Morgan fingerprint density at radius 2 is 1.94 bits per heavy atom. The number of benzene rings is 1. The van der Waals surface area contributed by atoms with Crippen LogP contribution in [0, 0.1) is 5.82 Å². The first kappa shape index (κ1) is 20.5. The molecule has 3 heterocycles. The highest BCUT2D eigenvalue weighted by Gasteiger charge is 2.27. The Balaban J connectivity index is 1.76. The van der Waals surface area contributed by atoms with Crippen LogP contribution in [0.2, 0.25) is 0 Å². The summed E-state index contributed by atoms with van der Waals surface area (Å²) in [5, 5.41) is 18.0. The summed E-state index contributed by atoms with van der Waals surface area (Å²) in [5.74, 6) is -0.487. The molecular weight excluding hydrogens is 399 g/mol. The molecular formula is C22H23FN6O2. The Labute approximate surface area is 178 Å². The fourth-order valence-electron chi connectivity index (χ4n) is 3.42. The summed E-state index contributed by atoms with van der Waals surface area (Å²) < 4.78 is 18.4. The number of nitrogens with zero attached hydrogens (tertiary/aromatic N) is 6. The minimum atomic E-state index is -1.09. The molecule has 3 aromatic heterocycles. The van der Waals surface area contributed by atoms with E-state index >= 15 is 4.39 Å². The van der Waals surface area contributed by atoms with Gasteiger partial charge < -0.3 is 5.11 Å². The molecule has 0 fully saturated rings. The molecule has 0 aliphatic rings. The van der Waals surface area contributed by atoms with Crippen molar-refractivity contribution >= 4 is 11.6 Å². The highest BCUT2D eigenvalue weighted by Crippen LogP contribution is 2.29. The molecule has 0 atom stereocenters. The van der Waals surface area contributed by atoms with Crippen LogP contribution in [0.3, 0.4) is 0 Å². The Morgan fingerprint density at radius 1 is 1.16 bits per heavy atom. The topological polar surface area (TPSA) is 88.5 Å². The quantitative estimate of drug-likeness (QED) is 0.532. The summed E-state index contributed by atoms with van der Waals surface area (Å²) in [7, 11) is 1.82. The van der Waals surface area contributed by atoms with Crippen LogP contribution < -0.4 is 0 Å². The van der Waals surface area contributed by atoms with E-state index in [9.17, 15) is 9.90 Å². The second-order valence-corrected chi connectivity index (χ2v) is 8.38. The second kappa shape index (κ2) is 7.50. The number of hydrogen-bond acceptors (Lipinski definition) is 4. The van der Waals surface area contributed by atoms with E-state index in [4.69, 9.17) is 4.98 Å². The van der Waals surface area contributed by atoms with E-state index in [2.05, 4.69) is 10.2 Å². The summed E-state index contributed by atoms with van der Waals surface area (Å²) >= 11 is 0. The number of carbonyl (C=O) groups is 1. The van der Waals surface area contributed by atoms with Gasteiger partial charge in [-0.3, -0.25) is 9.58 Å². The lowest BCUT2D eigenvalue weighted by Gasteiger charge is -2.33. The molecule has 160 valence electrons. The van der Waals surface area contributed by atoms with Gasteiger partial charge in [-0.15, -0.1) is 0 Å². The summed E-state index contributed by atoms with van der Waals surface area (Å²) in [6, 6.07) is 6.56. The Hall–Kier alpha value is -3.75. The molecule has 0 aliphatic carbocycles. The lowest BCUT2D eigenvalue weighted by molar-refractivity contribution is 0.0949. The minimum absolute atomic E-state index is 0.0454. The maximum atomic E-state index is 15.0. The third kappa shape index (κ3) is 3.98. The van der Waals surface area contributed by atoms with Crippen molar-refractivity contribution in [3.8, 4) is 22.5 Å². The van der Waals surface area contributed by atoms with Crippen molar-refractivity contribution in [1.82, 2.24) is 29.3 Å². The van der Waals surface area contributed by atoms with Gasteiger partial charge in [0, 0.05) is 35.5 Å². The molecule has 4 aromatic rings. The fraction of sp³-hybridized carbons (Fsp3) is 0.273. The number of carboxylic acid groups (broad SMARTS) is 1. The van der Waals surface area contributed by atoms with E-state index in [0.29, 0.717) is 22.5 Å². The maximum absolute atomic E-state index is 15.0. The molecule has 31 heavy (non-hydrogen) atoms. The van der Waals surface area contributed by atoms with Crippen LogP contribution >= 0.6 is 0 Å². The highest BCUT2D eigenvalue weighted by atomic mass is 19.1. The van der Waals surface area contributed by atoms with Crippen LogP contribution in [-0.2, 0) is 13.6 Å². The van der Waals surface area contributed by atoms with Gasteiger partial charge in [0.05, 0.1) is 42.0 Å². The molecule has 1 amide bonds. The van der Waals surface area contributed by atoms with E-state index in [1.807, 2.05) is 19.3 Å². The molecule has 0 aliphatic heterocycles. The van der Waals surface area contributed by atoms with E-state index in [1.54, 1.807) is 60.7 Å². The molecule has 0 saturated carbocycles. The predicted molar refractivity (Wildman–Crippen MR) is 114 cm³/mol. The van der Waals surface area contributed by atoms with Crippen molar-refractivity contribution in [3.63, 3.8) is 0 Å². The lowest BCUT2D eigenvalue weighted by Crippen LogP contribution is -2.44. The first-order valence-electron chi connectivity index (χ1n) is 9.76. The van der Waals surface area contributed by atoms with Crippen molar-refractivity contribution in [2.75, 3.05) is 0 Å². The smallest absolute Gasteiger partial charge is 0.408 e. The van der Waals surface area contributed by atoms with Crippen LogP contribution in [0.25, 0.3) is 28.0 Å². The summed E-state index contributed by atoms with van der Waals surface area (Å²) in [6.07, 6.45) is 5.92. The molecule has 0 saturated heterocycles. The van der Waals surface area contributed by atoms with Gasteiger partial charge in [0.25, 0.3) is 0 Å². The van der Waals surface area contributed by atoms with Crippen molar-refractivity contribution in [2.24, 2.45) is 7.05 Å². The van der Waals surface area contributed by atoms with Gasteiger partial charge in [0.2, 0.25) is 0 Å². The second-order valence-electron chi connectivity index (χ2n) is 8.38. The summed E-state index contributed by atoms with van der Waals surface area (Å²) in [4.78, 5) is 17.6. The van der Waals surface area contributed by atoms with E-state index in [0.717, 1.165) is 11.1 Å². The molecule has 0 spiro atoms. The number of rotatable bonds is 4. The number of halogens is 1. The van der Waals surface area contributed by atoms with Gasteiger partial charge in [0.15, 0.2) is 0 Å². The standard InChI is InChI=1S/C22H23FN6O2/c1-22(2,3)28(21(30)31)12-15-6-5-14(9-17(15)23)20-19-7-8-24-29(19)13-18(26-20)16-10-25-27(4)11-16/h5-11,13H,12H2,1-4H3,(H,30,31). The monoisotopic (exact) mass is 422 g/mol. The van der Waals surface area contributed by atoms with Crippen molar-refractivity contribution in [2.45, 2.75) is 32.9 Å². The van der Waals surface area contributed by atoms with Crippen LogP contribution in [-0.4, -0.2) is 46.0 Å². The zero-order valence-electron chi connectivity index (χ0n) is 17.7. The number of fused-ring (bicyclic) bond motifs is 1. The lowest BCUT2D eigenvalue weighted by atomic mass is 10.0. The van der Waals surface area contributed by atoms with Gasteiger partial charge in [0.1, 0.15) is 5.82 Å². The largest absolute Gasteiger partial charge is 0.465 e. The van der Waals surface area contributed by atoms with Crippen LogP contribution in [0.1, 0.15) is 26.3 Å². The molecule has 0 radical (unpaired) electrons. The Bertz CT molecular complexity index is 1270. The van der Waals surface area contributed by atoms with Crippen LogP contribution in [0.15, 0.2) is 49.1 Å². The minimum Gasteiger partial charge on any atom is -0.465 e. The summed E-state index contributed by atoms with van der Waals surface area (Å²) in [5.41, 5.74) is 3.02. The predicted octanol–water partition coefficient (Wildman–Crippen LogP) is 4.21. The Morgan fingerprint density at radius 3 is 2.55 bits per heavy atom. The normalized spacial score (nSPS) is 11.8. The molecule has 1 N–H and O–H groups in total. The van der Waals surface area contributed by atoms with E-state index < -0.39 is 17.4 Å². The number of aromatic nitrogens is 5. The molecule has 9 heteroatoms. The van der Waals surface area contributed by atoms with Crippen molar-refractivity contribution < 1.29 is 14.3 Å². The first-order chi connectivity index (χ1) is 14.6. The molecule has 8 nitrogen and oxygen atoms in total. The first-order valence-corrected chi connectivity index (χ1v) is 9.76. The van der Waals surface area contributed by atoms with Gasteiger partial charge in [-0.05, 0) is 32.9 Å². The maximum Gasteiger partial charge on any atom is 0.408 e. The number of amides is 1. The summed E-state index contributed by atoms with van der Waals surface area (Å²) in [6.45, 7) is 5.28. The zero-order valence-corrected chi connectivity index (χ0v) is 17.7. The van der Waals surface area contributed by atoms with Gasteiger partial charge >= 0.3 is 6.09 Å². The average molecular weight is 422 g/mol. The molecule has 0 unspecified atom stereocenters.